The van der Waals surface area contributed by atoms with Crippen LogP contribution >= 0.6 is 27.5 Å². The van der Waals surface area contributed by atoms with Gasteiger partial charge >= 0.3 is 0 Å². The number of sulfonamides is 1. The fourth-order valence-electron chi connectivity index (χ4n) is 5.61. The Kier molecular flexibility index (Phi) is 11.0. The number of benzene rings is 4. The molecule has 4 aromatic carbocycles. The number of para-hydroxylation sites is 1. The molecule has 7 nitrogen and oxygen atoms in total. The first kappa shape index (κ1) is 32.7. The van der Waals surface area contributed by atoms with Crippen molar-refractivity contribution < 1.29 is 18.0 Å². The molecule has 1 saturated carbocycles. The number of anilines is 1. The third-order valence-electron chi connectivity index (χ3n) is 7.94. The van der Waals surface area contributed by atoms with Gasteiger partial charge in [0.15, 0.2) is 0 Å². The quantitative estimate of drug-likeness (QED) is 0.172. The zero-order valence-electron chi connectivity index (χ0n) is 24.7. The van der Waals surface area contributed by atoms with Crippen molar-refractivity contribution >= 4 is 55.1 Å². The third kappa shape index (κ3) is 8.54. The average molecular weight is 709 g/mol. The van der Waals surface area contributed by atoms with E-state index in [-0.39, 0.29) is 29.8 Å². The lowest BCUT2D eigenvalue weighted by molar-refractivity contribution is -0.140. The summed E-state index contributed by atoms with van der Waals surface area (Å²) in [5.74, 6) is -0.750. The number of nitrogens with zero attached hydrogens (tertiary/aromatic N) is 2. The summed E-state index contributed by atoms with van der Waals surface area (Å²) < 4.78 is 30.0. The molecular formula is C35H35BrClN3O4S. The van der Waals surface area contributed by atoms with Gasteiger partial charge in [-0.2, -0.15) is 0 Å². The number of hydrogen-bond acceptors (Lipinski definition) is 4. The molecule has 1 aliphatic rings. The summed E-state index contributed by atoms with van der Waals surface area (Å²) in [5, 5.41) is 3.59. The van der Waals surface area contributed by atoms with Gasteiger partial charge in [0.1, 0.15) is 12.6 Å². The van der Waals surface area contributed by atoms with Crippen molar-refractivity contribution in [2.24, 2.45) is 0 Å². The van der Waals surface area contributed by atoms with E-state index in [9.17, 15) is 18.0 Å². The second kappa shape index (κ2) is 15.1. The van der Waals surface area contributed by atoms with Crippen molar-refractivity contribution in [1.82, 2.24) is 10.2 Å². The van der Waals surface area contributed by atoms with Crippen LogP contribution in [0.1, 0.15) is 36.8 Å². The van der Waals surface area contributed by atoms with Gasteiger partial charge in [-0.05, 0) is 72.5 Å². The first-order valence-corrected chi connectivity index (χ1v) is 17.5. The van der Waals surface area contributed by atoms with Crippen molar-refractivity contribution in [1.29, 1.82) is 0 Å². The van der Waals surface area contributed by atoms with Crippen LogP contribution in [0.2, 0.25) is 5.02 Å². The Balaban J connectivity index is 1.55. The molecule has 0 radical (unpaired) electrons. The van der Waals surface area contributed by atoms with E-state index in [0.29, 0.717) is 10.7 Å². The molecule has 0 bridgehead atoms. The van der Waals surface area contributed by atoms with E-state index in [2.05, 4.69) is 21.2 Å². The summed E-state index contributed by atoms with van der Waals surface area (Å²) in [6, 6.07) is 30.6. The molecule has 5 rings (SSSR count). The summed E-state index contributed by atoms with van der Waals surface area (Å²) in [4.78, 5) is 30.1. The number of carbonyl (C=O) groups excluding carboxylic acids is 2. The Labute approximate surface area is 278 Å². The molecule has 1 N–H and O–H groups in total. The van der Waals surface area contributed by atoms with Crippen LogP contribution in [0.3, 0.4) is 0 Å². The first-order valence-electron chi connectivity index (χ1n) is 14.9. The molecule has 4 aromatic rings. The monoisotopic (exact) mass is 707 g/mol. The molecule has 0 aromatic heterocycles. The van der Waals surface area contributed by atoms with Crippen LogP contribution in [0.15, 0.2) is 119 Å². The van der Waals surface area contributed by atoms with Gasteiger partial charge in [-0.15, -0.1) is 0 Å². The highest BCUT2D eigenvalue weighted by Gasteiger charge is 2.35. The van der Waals surface area contributed by atoms with Gasteiger partial charge in [-0.25, -0.2) is 8.42 Å². The van der Waals surface area contributed by atoms with Crippen LogP contribution in [0.25, 0.3) is 0 Å². The highest BCUT2D eigenvalue weighted by atomic mass is 79.9. The predicted molar refractivity (Wildman–Crippen MR) is 181 cm³/mol. The molecular weight excluding hydrogens is 674 g/mol. The lowest BCUT2D eigenvalue weighted by Crippen LogP contribution is -2.54. The molecule has 0 unspecified atom stereocenters. The zero-order chi connectivity index (χ0) is 31.8. The lowest BCUT2D eigenvalue weighted by atomic mass is 10.0. The molecule has 0 spiro atoms. The summed E-state index contributed by atoms with van der Waals surface area (Å²) in [7, 11) is -4.18. The van der Waals surface area contributed by atoms with Gasteiger partial charge in [0.2, 0.25) is 11.8 Å². The van der Waals surface area contributed by atoms with E-state index in [1.165, 1.54) is 29.2 Å². The summed E-state index contributed by atoms with van der Waals surface area (Å²) in [5.41, 5.74) is 2.03. The summed E-state index contributed by atoms with van der Waals surface area (Å²) >= 11 is 9.57. The summed E-state index contributed by atoms with van der Waals surface area (Å²) in [6.07, 6.45) is 4.15. The van der Waals surface area contributed by atoms with Crippen LogP contribution in [0.4, 0.5) is 5.69 Å². The second-order valence-corrected chi connectivity index (χ2v) is 14.4. The number of hydrogen-bond donors (Lipinski definition) is 1. The fraction of sp³-hybridized carbons (Fsp3) is 0.257. The average Bonchev–Trinajstić information content (AvgIpc) is 3.55. The maximum atomic E-state index is 14.5. The van der Waals surface area contributed by atoms with Crippen molar-refractivity contribution in [3.8, 4) is 0 Å². The molecule has 0 aliphatic heterocycles. The van der Waals surface area contributed by atoms with Crippen molar-refractivity contribution in [2.45, 2.75) is 55.6 Å². The van der Waals surface area contributed by atoms with E-state index in [0.717, 1.165) is 45.6 Å². The Bertz CT molecular complexity index is 1700. The fourth-order valence-corrected chi connectivity index (χ4v) is 7.60. The van der Waals surface area contributed by atoms with Gasteiger partial charge in [-0.3, -0.25) is 13.9 Å². The third-order valence-corrected chi connectivity index (χ3v) is 10.5. The van der Waals surface area contributed by atoms with Gasteiger partial charge in [0.05, 0.1) is 10.6 Å². The Morgan fingerprint density at radius 3 is 2.11 bits per heavy atom. The SMILES string of the molecule is O=C(NC1CCCC1)[C@@H](Cc1ccccc1)N(Cc1cccc(Br)c1)C(=O)CN(c1ccccc1)S(=O)(=O)c1ccc(Cl)cc1. The highest BCUT2D eigenvalue weighted by Crippen LogP contribution is 2.26. The molecule has 1 atom stereocenters. The predicted octanol–water partition coefficient (Wildman–Crippen LogP) is 7.00. The number of halogens is 2. The molecule has 2 amide bonds. The standard InChI is InChI=1S/C35H35BrClN3O4S/c36-28-13-9-12-27(22-28)24-39(33(23-26-10-3-1-4-11-26)35(42)38-30-14-7-8-15-30)34(41)25-40(31-16-5-2-6-17-31)45(43,44)32-20-18-29(37)19-21-32/h1-6,9-13,16-22,30,33H,7-8,14-15,23-25H2,(H,38,42)/t33-/m1/s1. The number of nitrogens with one attached hydrogen (secondary N) is 1. The minimum atomic E-state index is -4.18. The maximum Gasteiger partial charge on any atom is 0.264 e. The Morgan fingerprint density at radius 1 is 0.844 bits per heavy atom. The van der Waals surface area contributed by atoms with Crippen molar-refractivity contribution in [2.75, 3.05) is 10.8 Å². The van der Waals surface area contributed by atoms with Crippen LogP contribution in [-0.4, -0.2) is 43.8 Å². The molecule has 0 saturated heterocycles. The summed E-state index contributed by atoms with van der Waals surface area (Å²) in [6.45, 7) is -0.400. The minimum Gasteiger partial charge on any atom is -0.352 e. The van der Waals surface area contributed by atoms with Gasteiger partial charge < -0.3 is 10.2 Å². The number of carbonyl (C=O) groups is 2. The van der Waals surface area contributed by atoms with Crippen LogP contribution in [-0.2, 0) is 32.6 Å². The molecule has 0 heterocycles. The van der Waals surface area contributed by atoms with Crippen molar-refractivity contribution in [3.63, 3.8) is 0 Å². The minimum absolute atomic E-state index is 0.00176. The Morgan fingerprint density at radius 2 is 1.47 bits per heavy atom. The number of amides is 2. The van der Waals surface area contributed by atoms with Crippen LogP contribution < -0.4 is 9.62 Å². The largest absolute Gasteiger partial charge is 0.352 e. The smallest absolute Gasteiger partial charge is 0.264 e. The topological polar surface area (TPSA) is 86.8 Å². The van der Waals surface area contributed by atoms with Crippen LogP contribution in [0, 0.1) is 0 Å². The number of rotatable bonds is 12. The zero-order valence-corrected chi connectivity index (χ0v) is 27.8. The van der Waals surface area contributed by atoms with Gasteiger partial charge in [-0.1, -0.05) is 101 Å². The van der Waals surface area contributed by atoms with Gasteiger partial charge in [0.25, 0.3) is 10.0 Å². The van der Waals surface area contributed by atoms with E-state index < -0.39 is 28.5 Å². The molecule has 1 aliphatic carbocycles. The molecule has 234 valence electrons. The second-order valence-electron chi connectivity index (χ2n) is 11.1. The Hall–Kier alpha value is -3.66. The van der Waals surface area contributed by atoms with E-state index >= 15 is 0 Å². The normalized spacial score (nSPS) is 14.1. The lowest BCUT2D eigenvalue weighted by Gasteiger charge is -2.34. The van der Waals surface area contributed by atoms with Gasteiger partial charge in [0, 0.05) is 28.5 Å². The maximum absolute atomic E-state index is 14.5. The molecule has 45 heavy (non-hydrogen) atoms. The molecule has 10 heteroatoms. The van der Waals surface area contributed by atoms with E-state index in [4.69, 9.17) is 11.6 Å². The highest BCUT2D eigenvalue weighted by molar-refractivity contribution is 9.10. The first-order chi connectivity index (χ1) is 21.7. The van der Waals surface area contributed by atoms with Crippen LogP contribution in [0.5, 0.6) is 0 Å². The van der Waals surface area contributed by atoms with E-state index in [1.54, 1.807) is 30.3 Å². The molecule has 1 fully saturated rings. The van der Waals surface area contributed by atoms with E-state index in [1.807, 2.05) is 54.6 Å². The van der Waals surface area contributed by atoms with Crippen molar-refractivity contribution in [3.05, 3.63) is 130 Å².